The number of carbonyl (C=O) groups is 6. The predicted octanol–water partition coefficient (Wildman–Crippen LogP) is 5.31. The number of ether oxygens (including phenoxy) is 2. The molecule has 13 heteroatoms. The van der Waals surface area contributed by atoms with E-state index in [-0.39, 0.29) is 36.7 Å². The number of carbonyl (C=O) groups excluding carboxylic acids is 6. The zero-order chi connectivity index (χ0) is 42.8. The van der Waals surface area contributed by atoms with Crippen molar-refractivity contribution in [2.75, 3.05) is 27.7 Å². The fourth-order valence-corrected chi connectivity index (χ4v) is 7.33. The van der Waals surface area contributed by atoms with Gasteiger partial charge in [-0.05, 0) is 62.5 Å². The van der Waals surface area contributed by atoms with Crippen LogP contribution in [0, 0.1) is 17.8 Å². The Labute approximate surface area is 339 Å². The molecule has 1 N–H and O–H groups in total. The number of esters is 1. The molecule has 1 aliphatic heterocycles. The van der Waals surface area contributed by atoms with Gasteiger partial charge in [-0.15, -0.1) is 0 Å². The number of hydrogen-bond donors (Lipinski definition) is 1. The average Bonchev–Trinajstić information content (AvgIpc) is 3.64. The Bertz CT molecular complexity index is 1680. The lowest BCUT2D eigenvalue weighted by atomic mass is 9.95. The van der Waals surface area contributed by atoms with Gasteiger partial charge in [0.1, 0.15) is 42.4 Å². The molecule has 0 saturated carbocycles. The van der Waals surface area contributed by atoms with E-state index in [9.17, 15) is 28.8 Å². The smallest absolute Gasteiger partial charge is 0.408 e. The lowest BCUT2D eigenvalue weighted by molar-refractivity contribution is -0.159. The fourth-order valence-electron chi connectivity index (χ4n) is 7.33. The Morgan fingerprint density at radius 3 is 1.77 bits per heavy atom. The summed E-state index contributed by atoms with van der Waals surface area (Å²) in [5.74, 6) is -3.29. The SMILES string of the molecule is CC(C)C(C(=O)N(C)[C@H](C(=O)N1CCC[C@H]1C(=O)N(C)[C@@H](Cc1ccccc1)C(=O)OCc1ccccc1)C(C)C)N(C)C(=O)[C@@H](NC(=O)OC(C)(C)C)C(C)C. The molecule has 0 spiro atoms. The van der Waals surface area contributed by atoms with E-state index in [1.54, 1.807) is 48.7 Å². The van der Waals surface area contributed by atoms with Gasteiger partial charge in [0.25, 0.3) is 0 Å². The molecule has 5 atom stereocenters. The molecule has 0 aromatic heterocycles. The van der Waals surface area contributed by atoms with Gasteiger partial charge in [0.05, 0.1) is 0 Å². The van der Waals surface area contributed by atoms with Crippen molar-refractivity contribution >= 4 is 35.7 Å². The molecule has 0 aliphatic carbocycles. The minimum absolute atomic E-state index is 0.0496. The Hall–Kier alpha value is -4.94. The zero-order valence-electron chi connectivity index (χ0n) is 36.0. The first-order chi connectivity index (χ1) is 26.7. The molecule has 1 aliphatic rings. The molecule has 2 aromatic carbocycles. The van der Waals surface area contributed by atoms with E-state index >= 15 is 0 Å². The Morgan fingerprint density at radius 2 is 1.26 bits per heavy atom. The first kappa shape index (κ1) is 46.4. The molecule has 3 rings (SSSR count). The third kappa shape index (κ3) is 12.5. The highest BCUT2D eigenvalue weighted by Gasteiger charge is 2.45. The number of rotatable bonds is 16. The second-order valence-electron chi connectivity index (χ2n) is 17.1. The van der Waals surface area contributed by atoms with E-state index in [0.717, 1.165) is 11.1 Å². The highest BCUT2D eigenvalue weighted by atomic mass is 16.6. The highest BCUT2D eigenvalue weighted by molar-refractivity contribution is 5.96. The Balaban J connectivity index is 1.85. The number of nitrogens with one attached hydrogen (secondary N) is 1. The van der Waals surface area contributed by atoms with Gasteiger partial charge in [-0.1, -0.05) is 102 Å². The van der Waals surface area contributed by atoms with Gasteiger partial charge in [-0.3, -0.25) is 19.2 Å². The van der Waals surface area contributed by atoms with Crippen LogP contribution < -0.4 is 5.32 Å². The molecule has 314 valence electrons. The first-order valence-electron chi connectivity index (χ1n) is 20.0. The van der Waals surface area contributed by atoms with Gasteiger partial charge in [0.2, 0.25) is 23.6 Å². The third-order valence-corrected chi connectivity index (χ3v) is 10.3. The summed E-state index contributed by atoms with van der Waals surface area (Å²) in [5.41, 5.74) is 0.892. The van der Waals surface area contributed by atoms with Crippen LogP contribution in [0.2, 0.25) is 0 Å². The largest absolute Gasteiger partial charge is 0.459 e. The summed E-state index contributed by atoms with van der Waals surface area (Å²) in [6.45, 7) is 16.4. The second-order valence-corrected chi connectivity index (χ2v) is 17.1. The summed E-state index contributed by atoms with van der Waals surface area (Å²) in [4.78, 5) is 89.4. The van der Waals surface area contributed by atoms with Crippen LogP contribution in [-0.4, -0.2) is 119 Å². The van der Waals surface area contributed by atoms with Crippen LogP contribution in [0.25, 0.3) is 0 Å². The van der Waals surface area contributed by atoms with Crippen LogP contribution in [-0.2, 0) is 46.5 Å². The molecular formula is C44H65N5O8. The minimum Gasteiger partial charge on any atom is -0.459 e. The number of alkyl carbamates (subject to hydrolysis) is 1. The van der Waals surface area contributed by atoms with Gasteiger partial charge in [0.15, 0.2) is 0 Å². The summed E-state index contributed by atoms with van der Waals surface area (Å²) in [6.07, 6.45) is 0.431. The summed E-state index contributed by atoms with van der Waals surface area (Å²) < 4.78 is 11.1. The van der Waals surface area contributed by atoms with Crippen LogP contribution in [0.4, 0.5) is 4.79 Å². The van der Waals surface area contributed by atoms with Crippen LogP contribution in [0.15, 0.2) is 60.7 Å². The number of nitrogens with zero attached hydrogens (tertiary/aromatic N) is 4. The van der Waals surface area contributed by atoms with Gasteiger partial charge in [-0.2, -0.15) is 0 Å². The summed E-state index contributed by atoms with van der Waals surface area (Å²) in [6, 6.07) is 14.0. The molecule has 1 fully saturated rings. The predicted molar refractivity (Wildman–Crippen MR) is 218 cm³/mol. The van der Waals surface area contributed by atoms with E-state index in [4.69, 9.17) is 9.47 Å². The first-order valence-corrected chi connectivity index (χ1v) is 20.0. The topological polar surface area (TPSA) is 146 Å². The molecule has 57 heavy (non-hydrogen) atoms. The van der Waals surface area contributed by atoms with Crippen molar-refractivity contribution in [1.29, 1.82) is 0 Å². The molecule has 1 saturated heterocycles. The number of likely N-dealkylation sites (N-methyl/N-ethyl adjacent to an activating group) is 3. The monoisotopic (exact) mass is 791 g/mol. The molecular weight excluding hydrogens is 727 g/mol. The van der Waals surface area contributed by atoms with E-state index < -0.39 is 65.6 Å². The molecule has 2 aromatic rings. The molecule has 0 bridgehead atoms. The molecule has 1 unspecified atom stereocenters. The van der Waals surface area contributed by atoms with Crippen molar-refractivity contribution in [3.8, 4) is 0 Å². The fraction of sp³-hybridized carbons (Fsp3) is 0.591. The van der Waals surface area contributed by atoms with Crippen molar-refractivity contribution in [3.05, 3.63) is 71.8 Å². The standard InChI is InChI=1S/C44H65N5O8/c1-28(2)35(45-43(55)57-44(7,8)9)39(51)47(11)36(29(3)4)40(52)48(12)37(30(5)6)41(53)49-25-19-24-33(49)38(50)46(10)34(26-31-20-15-13-16-21-31)42(54)56-27-32-22-17-14-18-23-32/h13-18,20-23,28-30,33-37H,19,24-27H2,1-12H3,(H,45,55)/t33-,34-,35-,36?,37-/m0/s1. The van der Waals surface area contributed by atoms with Crippen LogP contribution in [0.5, 0.6) is 0 Å². The summed E-state index contributed by atoms with van der Waals surface area (Å²) in [7, 11) is 4.65. The molecule has 5 amide bonds. The van der Waals surface area contributed by atoms with Crippen molar-refractivity contribution in [1.82, 2.24) is 24.9 Å². The van der Waals surface area contributed by atoms with Crippen LogP contribution >= 0.6 is 0 Å². The highest BCUT2D eigenvalue weighted by Crippen LogP contribution is 2.27. The van der Waals surface area contributed by atoms with Gasteiger partial charge >= 0.3 is 12.1 Å². The van der Waals surface area contributed by atoms with E-state index in [2.05, 4.69) is 5.32 Å². The van der Waals surface area contributed by atoms with Crippen molar-refractivity contribution in [2.24, 2.45) is 17.8 Å². The number of benzene rings is 2. The molecule has 1 heterocycles. The number of hydrogen-bond acceptors (Lipinski definition) is 8. The maximum atomic E-state index is 14.6. The molecule has 0 radical (unpaired) electrons. The quantitative estimate of drug-likeness (QED) is 0.226. The van der Waals surface area contributed by atoms with Gasteiger partial charge in [-0.25, -0.2) is 9.59 Å². The molecule has 13 nitrogen and oxygen atoms in total. The van der Waals surface area contributed by atoms with Gasteiger partial charge < -0.3 is 34.4 Å². The normalized spacial score (nSPS) is 16.4. The summed E-state index contributed by atoms with van der Waals surface area (Å²) >= 11 is 0. The Kier molecular flexibility index (Phi) is 16.7. The van der Waals surface area contributed by atoms with E-state index in [0.29, 0.717) is 19.4 Å². The van der Waals surface area contributed by atoms with Crippen molar-refractivity contribution in [3.63, 3.8) is 0 Å². The van der Waals surface area contributed by atoms with Crippen LogP contribution in [0.1, 0.15) is 86.3 Å². The zero-order valence-corrected chi connectivity index (χ0v) is 36.0. The van der Waals surface area contributed by atoms with Gasteiger partial charge in [0, 0.05) is 34.1 Å². The number of likely N-dealkylation sites (tertiary alicyclic amines) is 1. The van der Waals surface area contributed by atoms with E-state index in [1.165, 1.54) is 26.6 Å². The average molecular weight is 792 g/mol. The third-order valence-electron chi connectivity index (χ3n) is 10.3. The van der Waals surface area contributed by atoms with Crippen LogP contribution in [0.3, 0.4) is 0 Å². The number of amides is 5. The lowest BCUT2D eigenvalue weighted by Gasteiger charge is -2.40. The maximum Gasteiger partial charge on any atom is 0.408 e. The van der Waals surface area contributed by atoms with E-state index in [1.807, 2.05) is 88.4 Å². The second kappa shape index (κ2) is 20.5. The summed E-state index contributed by atoms with van der Waals surface area (Å²) in [5, 5.41) is 2.68. The lowest BCUT2D eigenvalue weighted by Crippen LogP contribution is -2.61. The van der Waals surface area contributed by atoms with Crippen molar-refractivity contribution < 1.29 is 38.2 Å². The minimum atomic E-state index is -0.971. The maximum absolute atomic E-state index is 14.6. The van der Waals surface area contributed by atoms with Crippen molar-refractivity contribution in [2.45, 2.75) is 124 Å². The Morgan fingerprint density at radius 1 is 0.737 bits per heavy atom.